The van der Waals surface area contributed by atoms with Crippen LogP contribution in [0.2, 0.25) is 0 Å². The molecule has 0 bridgehead atoms. The summed E-state index contributed by atoms with van der Waals surface area (Å²) in [6.45, 7) is 1.44. The summed E-state index contributed by atoms with van der Waals surface area (Å²) in [5.74, 6) is 1.77. The molecule has 27 heavy (non-hydrogen) atoms. The third-order valence-electron chi connectivity index (χ3n) is 3.54. The summed E-state index contributed by atoms with van der Waals surface area (Å²) >= 11 is 1.80. The Morgan fingerprint density at radius 1 is 1.00 bits per heavy atom. The van der Waals surface area contributed by atoms with Crippen molar-refractivity contribution in [2.45, 2.75) is 17.2 Å². The summed E-state index contributed by atoms with van der Waals surface area (Å²) in [7, 11) is -1.25. The molecule has 8 heteroatoms. The Kier molecular flexibility index (Phi) is 10.8. The van der Waals surface area contributed by atoms with Gasteiger partial charge in [-0.2, -0.15) is 0 Å². The molecule has 0 fully saturated rings. The molecule has 2 aromatic rings. The van der Waals surface area contributed by atoms with Crippen LogP contribution in [0.5, 0.6) is 0 Å². The zero-order valence-electron chi connectivity index (χ0n) is 15.5. The SMILES string of the molecule is CN=C(NCCSc1ccccc1)NCc1ccc(CS(C)(=O)=O)cc1.I. The molecule has 0 spiro atoms. The molecule has 2 N–H and O–H groups in total. The number of aliphatic imine (C=N–C) groups is 1. The summed E-state index contributed by atoms with van der Waals surface area (Å²) in [5, 5.41) is 6.55. The summed E-state index contributed by atoms with van der Waals surface area (Å²) in [5.41, 5.74) is 1.88. The third-order valence-corrected chi connectivity index (χ3v) is 5.41. The average molecular weight is 519 g/mol. The van der Waals surface area contributed by atoms with Crippen molar-refractivity contribution in [1.29, 1.82) is 0 Å². The van der Waals surface area contributed by atoms with Crippen LogP contribution < -0.4 is 10.6 Å². The van der Waals surface area contributed by atoms with Crippen LogP contribution in [0.3, 0.4) is 0 Å². The number of benzene rings is 2. The van der Waals surface area contributed by atoms with E-state index < -0.39 is 9.84 Å². The fraction of sp³-hybridized carbons (Fsp3) is 0.316. The van der Waals surface area contributed by atoms with Crippen LogP contribution >= 0.6 is 35.7 Å². The molecule has 0 atom stereocenters. The number of hydrogen-bond donors (Lipinski definition) is 2. The number of sulfone groups is 1. The van der Waals surface area contributed by atoms with Gasteiger partial charge in [-0.1, -0.05) is 42.5 Å². The van der Waals surface area contributed by atoms with Gasteiger partial charge in [0.05, 0.1) is 5.75 Å². The minimum Gasteiger partial charge on any atom is -0.356 e. The first-order valence-electron chi connectivity index (χ1n) is 8.34. The number of nitrogens with zero attached hydrogens (tertiary/aromatic N) is 1. The second kappa shape index (κ2) is 12.2. The van der Waals surface area contributed by atoms with E-state index in [9.17, 15) is 8.42 Å². The van der Waals surface area contributed by atoms with Gasteiger partial charge in [0.15, 0.2) is 15.8 Å². The Labute approximate surface area is 183 Å². The minimum absolute atomic E-state index is 0. The molecule has 0 heterocycles. The first kappa shape index (κ1) is 23.8. The van der Waals surface area contributed by atoms with Crippen molar-refractivity contribution < 1.29 is 8.42 Å². The average Bonchev–Trinajstić information content (AvgIpc) is 2.62. The molecule has 148 valence electrons. The van der Waals surface area contributed by atoms with Crippen molar-refractivity contribution in [3.05, 3.63) is 65.7 Å². The molecule has 0 aliphatic rings. The van der Waals surface area contributed by atoms with Gasteiger partial charge in [-0.05, 0) is 23.3 Å². The van der Waals surface area contributed by atoms with Crippen molar-refractivity contribution in [3.63, 3.8) is 0 Å². The van der Waals surface area contributed by atoms with E-state index in [0.29, 0.717) is 6.54 Å². The number of hydrogen-bond acceptors (Lipinski definition) is 4. The highest BCUT2D eigenvalue weighted by molar-refractivity contribution is 14.0. The lowest BCUT2D eigenvalue weighted by molar-refractivity contribution is 0.601. The highest BCUT2D eigenvalue weighted by atomic mass is 127. The van der Waals surface area contributed by atoms with E-state index in [0.717, 1.165) is 29.4 Å². The van der Waals surface area contributed by atoms with Crippen LogP contribution in [-0.4, -0.2) is 40.0 Å². The maximum atomic E-state index is 11.3. The maximum absolute atomic E-state index is 11.3. The summed E-state index contributed by atoms with van der Waals surface area (Å²) in [6.07, 6.45) is 1.24. The fourth-order valence-corrected chi connectivity index (χ4v) is 3.90. The van der Waals surface area contributed by atoms with Crippen LogP contribution in [0.15, 0.2) is 64.5 Å². The largest absolute Gasteiger partial charge is 0.356 e. The van der Waals surface area contributed by atoms with E-state index >= 15 is 0 Å². The van der Waals surface area contributed by atoms with Gasteiger partial charge in [0, 0.05) is 37.0 Å². The number of halogens is 1. The molecule has 5 nitrogen and oxygen atoms in total. The number of rotatable bonds is 8. The van der Waals surface area contributed by atoms with E-state index in [1.807, 2.05) is 42.5 Å². The Bertz CT molecular complexity index is 811. The van der Waals surface area contributed by atoms with Crippen LogP contribution in [0.1, 0.15) is 11.1 Å². The van der Waals surface area contributed by atoms with Gasteiger partial charge in [-0.25, -0.2) is 8.42 Å². The highest BCUT2D eigenvalue weighted by Crippen LogP contribution is 2.15. The normalized spacial score (nSPS) is 11.6. The van der Waals surface area contributed by atoms with E-state index in [2.05, 4.69) is 27.8 Å². The summed E-state index contributed by atoms with van der Waals surface area (Å²) < 4.78 is 22.6. The molecule has 0 aliphatic carbocycles. The topological polar surface area (TPSA) is 70.6 Å². The standard InChI is InChI=1S/C19H25N3O2S2.HI/c1-20-19(21-12-13-25-18-6-4-3-5-7-18)22-14-16-8-10-17(11-9-16)15-26(2,23)24;/h3-11H,12-15H2,1-2H3,(H2,20,21,22);1H. The van der Waals surface area contributed by atoms with E-state index in [1.165, 1.54) is 11.2 Å². The molecule has 0 radical (unpaired) electrons. The van der Waals surface area contributed by atoms with Crippen molar-refractivity contribution >= 4 is 51.5 Å². The molecule has 0 amide bonds. The number of guanidine groups is 1. The van der Waals surface area contributed by atoms with Gasteiger partial charge >= 0.3 is 0 Å². The van der Waals surface area contributed by atoms with Crippen molar-refractivity contribution in [3.8, 4) is 0 Å². The molecule has 0 unspecified atom stereocenters. The van der Waals surface area contributed by atoms with Crippen LogP contribution in [0.25, 0.3) is 0 Å². The zero-order chi connectivity index (χ0) is 18.8. The van der Waals surface area contributed by atoms with Gasteiger partial charge in [0.25, 0.3) is 0 Å². The Morgan fingerprint density at radius 2 is 1.63 bits per heavy atom. The molecular weight excluding hydrogens is 493 g/mol. The fourth-order valence-electron chi connectivity index (χ4n) is 2.32. The Balaban J connectivity index is 0.00000364. The molecule has 0 aromatic heterocycles. The molecular formula is C19H26IN3O2S2. The summed E-state index contributed by atoms with van der Waals surface area (Å²) in [4.78, 5) is 5.48. The molecule has 0 aliphatic heterocycles. The molecule has 0 saturated heterocycles. The lowest BCUT2D eigenvalue weighted by Crippen LogP contribution is -2.37. The quantitative estimate of drug-likeness (QED) is 0.184. The number of nitrogens with one attached hydrogen (secondary N) is 2. The maximum Gasteiger partial charge on any atom is 0.191 e. The summed E-state index contributed by atoms with van der Waals surface area (Å²) in [6, 6.07) is 17.9. The highest BCUT2D eigenvalue weighted by Gasteiger charge is 2.04. The molecule has 2 aromatic carbocycles. The van der Waals surface area contributed by atoms with Crippen LogP contribution in [-0.2, 0) is 22.1 Å². The third kappa shape index (κ3) is 10.0. The monoisotopic (exact) mass is 519 g/mol. The van der Waals surface area contributed by atoms with E-state index in [1.54, 1.807) is 18.8 Å². The minimum atomic E-state index is -3.00. The van der Waals surface area contributed by atoms with Gasteiger partial charge < -0.3 is 10.6 Å². The van der Waals surface area contributed by atoms with E-state index in [-0.39, 0.29) is 29.7 Å². The van der Waals surface area contributed by atoms with Crippen molar-refractivity contribution in [1.82, 2.24) is 10.6 Å². The second-order valence-electron chi connectivity index (χ2n) is 5.90. The smallest absolute Gasteiger partial charge is 0.191 e. The van der Waals surface area contributed by atoms with Gasteiger partial charge in [-0.3, -0.25) is 4.99 Å². The Hall–Kier alpha value is -1.26. The zero-order valence-corrected chi connectivity index (χ0v) is 19.5. The molecule has 0 saturated carbocycles. The van der Waals surface area contributed by atoms with Gasteiger partial charge in [0.1, 0.15) is 0 Å². The van der Waals surface area contributed by atoms with Crippen molar-refractivity contribution in [2.24, 2.45) is 4.99 Å². The Morgan fingerprint density at radius 3 is 2.22 bits per heavy atom. The molecule has 2 rings (SSSR count). The van der Waals surface area contributed by atoms with Crippen molar-refractivity contribution in [2.75, 3.05) is 25.6 Å². The van der Waals surface area contributed by atoms with Gasteiger partial charge in [-0.15, -0.1) is 35.7 Å². The van der Waals surface area contributed by atoms with Crippen LogP contribution in [0, 0.1) is 0 Å². The first-order valence-corrected chi connectivity index (χ1v) is 11.4. The predicted molar refractivity (Wildman–Crippen MR) is 126 cm³/mol. The predicted octanol–water partition coefficient (Wildman–Crippen LogP) is 3.31. The second-order valence-corrected chi connectivity index (χ2v) is 9.21. The lowest BCUT2D eigenvalue weighted by atomic mass is 10.1. The van der Waals surface area contributed by atoms with E-state index in [4.69, 9.17) is 0 Å². The lowest BCUT2D eigenvalue weighted by Gasteiger charge is -2.12. The van der Waals surface area contributed by atoms with Crippen LogP contribution in [0.4, 0.5) is 0 Å². The number of thioether (sulfide) groups is 1. The van der Waals surface area contributed by atoms with Gasteiger partial charge in [0.2, 0.25) is 0 Å². The first-order chi connectivity index (χ1) is 12.5.